The van der Waals surface area contributed by atoms with E-state index in [-0.39, 0.29) is 0 Å². The first-order valence-corrected chi connectivity index (χ1v) is 7.65. The van der Waals surface area contributed by atoms with Crippen LogP contribution in [0.2, 0.25) is 0 Å². The lowest BCUT2D eigenvalue weighted by Crippen LogP contribution is -2.38. The zero-order valence-corrected chi connectivity index (χ0v) is 12.1. The van der Waals surface area contributed by atoms with Gasteiger partial charge < -0.3 is 10.2 Å². The minimum absolute atomic E-state index is 0.689. The maximum absolute atomic E-state index is 5.84. The Labute approximate surface area is 120 Å². The maximum atomic E-state index is 5.84. The van der Waals surface area contributed by atoms with Gasteiger partial charge in [-0.1, -0.05) is 19.8 Å². The summed E-state index contributed by atoms with van der Waals surface area (Å²) in [4.78, 5) is 7.10. The van der Waals surface area contributed by atoms with E-state index in [0.29, 0.717) is 6.04 Å². The van der Waals surface area contributed by atoms with Crippen LogP contribution in [-0.4, -0.2) is 22.5 Å². The van der Waals surface area contributed by atoms with Crippen LogP contribution in [0, 0.1) is 0 Å². The van der Waals surface area contributed by atoms with Crippen LogP contribution < -0.4 is 5.73 Å². The summed E-state index contributed by atoms with van der Waals surface area (Å²) in [7, 11) is 0. The molecule has 0 amide bonds. The van der Waals surface area contributed by atoms with Gasteiger partial charge in [0.15, 0.2) is 5.58 Å². The van der Waals surface area contributed by atoms with E-state index in [2.05, 4.69) is 16.8 Å². The van der Waals surface area contributed by atoms with Gasteiger partial charge in [-0.25, -0.2) is 4.98 Å². The van der Waals surface area contributed by atoms with Gasteiger partial charge in [0.25, 0.3) is 0 Å². The molecule has 1 aromatic heterocycles. The number of nitrogens with two attached hydrogens (primary N) is 1. The molecule has 1 fully saturated rings. The molecule has 1 aliphatic rings. The van der Waals surface area contributed by atoms with Crippen LogP contribution in [0.1, 0.15) is 44.9 Å². The molecule has 4 heteroatoms. The Kier molecular flexibility index (Phi) is 3.92. The highest BCUT2D eigenvalue weighted by atomic mass is 16.3. The van der Waals surface area contributed by atoms with Gasteiger partial charge in [0.1, 0.15) is 5.52 Å². The first kappa shape index (κ1) is 13.4. The first-order chi connectivity index (χ1) is 9.76. The van der Waals surface area contributed by atoms with Crippen molar-refractivity contribution in [3.63, 3.8) is 0 Å². The molecule has 1 aromatic carbocycles. The predicted molar refractivity (Wildman–Crippen MR) is 81.4 cm³/mol. The lowest BCUT2D eigenvalue weighted by Gasteiger charge is -2.34. The fourth-order valence-corrected chi connectivity index (χ4v) is 3.16. The van der Waals surface area contributed by atoms with E-state index in [1.165, 1.54) is 32.1 Å². The second-order valence-corrected chi connectivity index (χ2v) is 5.74. The van der Waals surface area contributed by atoms with Gasteiger partial charge in [-0.15, -0.1) is 0 Å². The number of aromatic nitrogens is 1. The van der Waals surface area contributed by atoms with E-state index in [0.717, 1.165) is 35.8 Å². The Bertz CT molecular complexity index is 576. The average Bonchev–Trinajstić information content (AvgIpc) is 2.82. The van der Waals surface area contributed by atoms with Crippen molar-refractivity contribution in [1.82, 2.24) is 9.88 Å². The first-order valence-electron chi connectivity index (χ1n) is 7.65. The second-order valence-electron chi connectivity index (χ2n) is 5.74. The van der Waals surface area contributed by atoms with Crippen molar-refractivity contribution in [2.45, 2.75) is 51.6 Å². The lowest BCUT2D eigenvalue weighted by atomic mass is 9.98. The van der Waals surface area contributed by atoms with Crippen molar-refractivity contribution in [3.8, 4) is 0 Å². The normalized spacial score (nSPS) is 20.6. The summed E-state index contributed by atoms with van der Waals surface area (Å²) >= 11 is 0. The molecule has 2 N–H and O–H groups in total. The van der Waals surface area contributed by atoms with Gasteiger partial charge in [0.2, 0.25) is 5.89 Å². The SMILES string of the molecule is CCCC1CCCCN1Cc1nc2cc(N)ccc2o1. The Morgan fingerprint density at radius 2 is 2.30 bits per heavy atom. The average molecular weight is 273 g/mol. The van der Waals surface area contributed by atoms with Crippen molar-refractivity contribution in [1.29, 1.82) is 0 Å². The number of rotatable bonds is 4. The zero-order valence-electron chi connectivity index (χ0n) is 12.1. The topological polar surface area (TPSA) is 55.3 Å². The second kappa shape index (κ2) is 5.83. The molecule has 0 aliphatic carbocycles. The molecule has 0 saturated carbocycles. The monoisotopic (exact) mass is 273 g/mol. The molecule has 0 bridgehead atoms. The van der Waals surface area contributed by atoms with Crippen LogP contribution in [-0.2, 0) is 6.54 Å². The van der Waals surface area contributed by atoms with Crippen molar-refractivity contribution >= 4 is 16.8 Å². The van der Waals surface area contributed by atoms with E-state index < -0.39 is 0 Å². The summed E-state index contributed by atoms with van der Waals surface area (Å²) in [5.74, 6) is 0.814. The Hall–Kier alpha value is -1.55. The molecule has 1 unspecified atom stereocenters. The van der Waals surface area contributed by atoms with Crippen molar-refractivity contribution in [2.24, 2.45) is 0 Å². The summed E-state index contributed by atoms with van der Waals surface area (Å²) in [6.07, 6.45) is 6.46. The highest BCUT2D eigenvalue weighted by Gasteiger charge is 2.23. The van der Waals surface area contributed by atoms with E-state index >= 15 is 0 Å². The Morgan fingerprint density at radius 3 is 3.15 bits per heavy atom. The molecule has 0 spiro atoms. The van der Waals surface area contributed by atoms with E-state index in [1.807, 2.05) is 18.2 Å². The number of fused-ring (bicyclic) bond motifs is 1. The van der Waals surface area contributed by atoms with Crippen molar-refractivity contribution < 1.29 is 4.42 Å². The number of nitrogens with zero attached hydrogens (tertiary/aromatic N) is 2. The quantitative estimate of drug-likeness (QED) is 0.865. The van der Waals surface area contributed by atoms with Crippen LogP contribution in [0.15, 0.2) is 22.6 Å². The van der Waals surface area contributed by atoms with Gasteiger partial charge in [-0.05, 0) is 44.0 Å². The summed E-state index contributed by atoms with van der Waals surface area (Å²) in [6, 6.07) is 6.33. The minimum atomic E-state index is 0.689. The summed E-state index contributed by atoms with van der Waals surface area (Å²) in [6.45, 7) is 4.24. The van der Waals surface area contributed by atoms with Gasteiger partial charge in [-0.2, -0.15) is 0 Å². The maximum Gasteiger partial charge on any atom is 0.209 e. The number of hydrogen-bond acceptors (Lipinski definition) is 4. The van der Waals surface area contributed by atoms with Crippen molar-refractivity contribution in [2.75, 3.05) is 12.3 Å². The molecular weight excluding hydrogens is 250 g/mol. The number of piperidine rings is 1. The third-order valence-electron chi connectivity index (χ3n) is 4.17. The minimum Gasteiger partial charge on any atom is -0.439 e. The molecular formula is C16H23N3O. The number of likely N-dealkylation sites (tertiary alicyclic amines) is 1. The molecule has 108 valence electrons. The zero-order chi connectivity index (χ0) is 13.9. The number of nitrogen functional groups attached to an aromatic ring is 1. The number of anilines is 1. The molecule has 2 heterocycles. The Morgan fingerprint density at radius 1 is 1.40 bits per heavy atom. The van der Waals surface area contributed by atoms with Crippen LogP contribution >= 0.6 is 0 Å². The molecule has 20 heavy (non-hydrogen) atoms. The van der Waals surface area contributed by atoms with Crippen LogP contribution in [0.3, 0.4) is 0 Å². The fourth-order valence-electron chi connectivity index (χ4n) is 3.16. The highest BCUT2D eigenvalue weighted by Crippen LogP contribution is 2.24. The van der Waals surface area contributed by atoms with Crippen LogP contribution in [0.5, 0.6) is 0 Å². The molecule has 1 atom stereocenters. The molecule has 1 aliphatic heterocycles. The highest BCUT2D eigenvalue weighted by molar-refractivity contribution is 5.76. The fraction of sp³-hybridized carbons (Fsp3) is 0.562. The summed E-state index contributed by atoms with van der Waals surface area (Å²) < 4.78 is 5.84. The van der Waals surface area contributed by atoms with Crippen LogP contribution in [0.25, 0.3) is 11.1 Å². The van der Waals surface area contributed by atoms with Gasteiger partial charge in [-0.3, -0.25) is 4.90 Å². The third-order valence-corrected chi connectivity index (χ3v) is 4.17. The molecule has 4 nitrogen and oxygen atoms in total. The Balaban J connectivity index is 1.77. The standard InChI is InChI=1S/C16H23N3O/c1-2-5-13-6-3-4-9-19(13)11-16-18-14-10-12(17)7-8-15(14)20-16/h7-8,10,13H,2-6,9,11,17H2,1H3. The smallest absolute Gasteiger partial charge is 0.209 e. The van der Waals surface area contributed by atoms with E-state index in [1.54, 1.807) is 0 Å². The molecule has 1 saturated heterocycles. The van der Waals surface area contributed by atoms with Crippen molar-refractivity contribution in [3.05, 3.63) is 24.1 Å². The van der Waals surface area contributed by atoms with Gasteiger partial charge in [0.05, 0.1) is 6.54 Å². The lowest BCUT2D eigenvalue weighted by molar-refractivity contribution is 0.121. The summed E-state index contributed by atoms with van der Waals surface area (Å²) in [5, 5.41) is 0. The molecule has 2 aromatic rings. The summed E-state index contributed by atoms with van der Waals surface area (Å²) in [5.41, 5.74) is 8.22. The van der Waals surface area contributed by atoms with Gasteiger partial charge in [0, 0.05) is 11.7 Å². The number of hydrogen-bond donors (Lipinski definition) is 1. The number of oxazole rings is 1. The largest absolute Gasteiger partial charge is 0.439 e. The van der Waals surface area contributed by atoms with Gasteiger partial charge >= 0.3 is 0 Å². The van der Waals surface area contributed by atoms with E-state index in [4.69, 9.17) is 10.2 Å². The third kappa shape index (κ3) is 2.80. The number of benzene rings is 1. The predicted octanol–water partition coefficient (Wildman–Crippen LogP) is 3.56. The molecule has 0 radical (unpaired) electrons. The molecule has 3 rings (SSSR count). The van der Waals surface area contributed by atoms with E-state index in [9.17, 15) is 0 Å². The van der Waals surface area contributed by atoms with Crippen LogP contribution in [0.4, 0.5) is 5.69 Å².